The largest absolute Gasteiger partial charge is 0.490 e. The second kappa shape index (κ2) is 7.80. The minimum Gasteiger partial charge on any atom is -0.490 e. The highest BCUT2D eigenvalue weighted by Gasteiger charge is 2.02. The Morgan fingerprint density at radius 3 is 2.45 bits per heavy atom. The number of ether oxygens (including phenoxy) is 2. The van der Waals surface area contributed by atoms with E-state index in [0.29, 0.717) is 13.2 Å². The molecule has 0 radical (unpaired) electrons. The lowest BCUT2D eigenvalue weighted by molar-refractivity contribution is 0.284. The number of para-hydroxylation sites is 2. The molecule has 0 heterocycles. The Morgan fingerprint density at radius 1 is 1.00 bits per heavy atom. The van der Waals surface area contributed by atoms with Crippen LogP contribution in [0.1, 0.15) is 6.92 Å². The molecule has 1 N–H and O–H groups in total. The molecule has 0 aliphatic heterocycles. The highest BCUT2D eigenvalue weighted by molar-refractivity contribution is 9.10. The molecule has 0 bridgehead atoms. The zero-order chi connectivity index (χ0) is 14.2. The average Bonchev–Trinajstić information content (AvgIpc) is 2.46. The summed E-state index contributed by atoms with van der Waals surface area (Å²) in [6, 6.07) is 15.8. The van der Waals surface area contributed by atoms with Gasteiger partial charge >= 0.3 is 0 Å². The monoisotopic (exact) mass is 335 g/mol. The number of anilines is 1. The topological polar surface area (TPSA) is 30.5 Å². The highest BCUT2D eigenvalue weighted by atomic mass is 79.9. The van der Waals surface area contributed by atoms with Crippen LogP contribution in [-0.4, -0.2) is 19.8 Å². The van der Waals surface area contributed by atoms with Crippen molar-refractivity contribution in [2.24, 2.45) is 0 Å². The van der Waals surface area contributed by atoms with E-state index in [2.05, 4.69) is 21.2 Å². The van der Waals surface area contributed by atoms with Gasteiger partial charge in [-0.2, -0.15) is 0 Å². The number of nitrogens with one attached hydrogen (secondary N) is 1. The number of hydrogen-bond donors (Lipinski definition) is 1. The van der Waals surface area contributed by atoms with Crippen LogP contribution in [0.25, 0.3) is 0 Å². The minimum absolute atomic E-state index is 0.580. The van der Waals surface area contributed by atoms with Crippen molar-refractivity contribution >= 4 is 21.6 Å². The number of hydrogen-bond acceptors (Lipinski definition) is 3. The first-order chi connectivity index (χ1) is 9.79. The van der Waals surface area contributed by atoms with Gasteiger partial charge in [0, 0.05) is 16.7 Å². The molecule has 2 aromatic rings. The van der Waals surface area contributed by atoms with E-state index < -0.39 is 0 Å². The van der Waals surface area contributed by atoms with Gasteiger partial charge in [-0.25, -0.2) is 0 Å². The first-order valence-electron chi connectivity index (χ1n) is 6.63. The molecule has 0 saturated heterocycles. The summed E-state index contributed by atoms with van der Waals surface area (Å²) in [4.78, 5) is 0. The lowest BCUT2D eigenvalue weighted by atomic mass is 10.3. The van der Waals surface area contributed by atoms with E-state index in [9.17, 15) is 0 Å². The molecule has 0 atom stereocenters. The number of halogens is 1. The van der Waals surface area contributed by atoms with Crippen molar-refractivity contribution in [3.63, 3.8) is 0 Å². The van der Waals surface area contributed by atoms with Crippen molar-refractivity contribution in [2.75, 3.05) is 25.1 Å². The van der Waals surface area contributed by atoms with Gasteiger partial charge in [-0.05, 0) is 37.3 Å². The van der Waals surface area contributed by atoms with E-state index in [4.69, 9.17) is 9.47 Å². The summed E-state index contributed by atoms with van der Waals surface area (Å²) in [7, 11) is 0. The molecule has 3 nitrogen and oxygen atoms in total. The summed E-state index contributed by atoms with van der Waals surface area (Å²) in [5.41, 5.74) is 1.07. The Bertz CT molecular complexity index is 546. The molecule has 0 amide bonds. The quantitative estimate of drug-likeness (QED) is 0.763. The van der Waals surface area contributed by atoms with Crippen molar-refractivity contribution < 1.29 is 9.47 Å². The van der Waals surface area contributed by atoms with Crippen LogP contribution in [0.3, 0.4) is 0 Å². The van der Waals surface area contributed by atoms with Crippen molar-refractivity contribution in [3.05, 3.63) is 53.0 Å². The van der Waals surface area contributed by atoms with E-state index in [0.717, 1.165) is 28.2 Å². The van der Waals surface area contributed by atoms with Gasteiger partial charge in [0.05, 0.1) is 6.61 Å². The Hall–Kier alpha value is -1.68. The minimum atomic E-state index is 0.580. The molecule has 2 aromatic carbocycles. The maximum absolute atomic E-state index is 5.74. The van der Waals surface area contributed by atoms with Crippen LogP contribution in [0.15, 0.2) is 53.0 Å². The lowest BCUT2D eigenvalue weighted by Gasteiger charge is -2.12. The standard InChI is InChI=1S/C16H18BrNO2/c1-2-19-15-8-3-4-9-16(15)20-11-10-18-14-7-5-6-13(17)12-14/h3-9,12,18H,2,10-11H2,1H3. The van der Waals surface area contributed by atoms with Gasteiger partial charge < -0.3 is 14.8 Å². The molecule has 0 aromatic heterocycles. The maximum atomic E-state index is 5.74. The third kappa shape index (κ3) is 4.46. The van der Waals surface area contributed by atoms with E-state index in [1.807, 2.05) is 55.5 Å². The zero-order valence-electron chi connectivity index (χ0n) is 11.4. The molecule has 0 aliphatic carbocycles. The Labute approximate surface area is 128 Å². The average molecular weight is 336 g/mol. The molecule has 20 heavy (non-hydrogen) atoms. The molecule has 106 valence electrons. The first-order valence-corrected chi connectivity index (χ1v) is 7.43. The van der Waals surface area contributed by atoms with Gasteiger partial charge in [0.2, 0.25) is 0 Å². The second-order valence-corrected chi connectivity index (χ2v) is 5.08. The first kappa shape index (κ1) is 14.7. The Kier molecular flexibility index (Phi) is 5.74. The highest BCUT2D eigenvalue weighted by Crippen LogP contribution is 2.26. The van der Waals surface area contributed by atoms with Gasteiger partial charge in [0.15, 0.2) is 11.5 Å². The van der Waals surface area contributed by atoms with E-state index in [-0.39, 0.29) is 0 Å². The molecule has 0 spiro atoms. The maximum Gasteiger partial charge on any atom is 0.161 e. The molecular weight excluding hydrogens is 318 g/mol. The summed E-state index contributed by atoms with van der Waals surface area (Å²) in [5, 5.41) is 3.31. The van der Waals surface area contributed by atoms with Crippen molar-refractivity contribution in [1.29, 1.82) is 0 Å². The van der Waals surface area contributed by atoms with Crippen LogP contribution in [0.2, 0.25) is 0 Å². The van der Waals surface area contributed by atoms with Crippen LogP contribution < -0.4 is 14.8 Å². The van der Waals surface area contributed by atoms with Gasteiger partial charge in [-0.3, -0.25) is 0 Å². The van der Waals surface area contributed by atoms with Crippen LogP contribution in [0.4, 0.5) is 5.69 Å². The van der Waals surface area contributed by atoms with Gasteiger partial charge in [0.1, 0.15) is 6.61 Å². The van der Waals surface area contributed by atoms with Crippen LogP contribution in [0, 0.1) is 0 Å². The van der Waals surface area contributed by atoms with Gasteiger partial charge in [-0.15, -0.1) is 0 Å². The van der Waals surface area contributed by atoms with Crippen LogP contribution in [-0.2, 0) is 0 Å². The SMILES string of the molecule is CCOc1ccccc1OCCNc1cccc(Br)c1. The summed E-state index contributed by atoms with van der Waals surface area (Å²) >= 11 is 3.45. The second-order valence-electron chi connectivity index (χ2n) is 4.17. The molecule has 4 heteroatoms. The molecule has 0 saturated carbocycles. The summed E-state index contributed by atoms with van der Waals surface area (Å²) in [5.74, 6) is 1.57. The Morgan fingerprint density at radius 2 is 1.75 bits per heavy atom. The normalized spacial score (nSPS) is 10.1. The van der Waals surface area contributed by atoms with Crippen LogP contribution in [0.5, 0.6) is 11.5 Å². The fraction of sp³-hybridized carbons (Fsp3) is 0.250. The van der Waals surface area contributed by atoms with Crippen LogP contribution >= 0.6 is 15.9 Å². The third-order valence-corrected chi connectivity index (χ3v) is 3.16. The molecule has 0 aliphatic rings. The number of benzene rings is 2. The molecular formula is C16H18BrNO2. The van der Waals surface area contributed by atoms with Gasteiger partial charge in [-0.1, -0.05) is 34.1 Å². The van der Waals surface area contributed by atoms with Crippen molar-refractivity contribution in [2.45, 2.75) is 6.92 Å². The predicted octanol–water partition coefficient (Wildman–Crippen LogP) is 4.34. The lowest BCUT2D eigenvalue weighted by Crippen LogP contribution is -2.12. The summed E-state index contributed by atoms with van der Waals surface area (Å²) in [6.07, 6.45) is 0. The van der Waals surface area contributed by atoms with Crippen molar-refractivity contribution in [3.8, 4) is 11.5 Å². The van der Waals surface area contributed by atoms with E-state index >= 15 is 0 Å². The summed E-state index contributed by atoms with van der Waals surface area (Å²) in [6.45, 7) is 3.91. The zero-order valence-corrected chi connectivity index (χ0v) is 13.0. The molecule has 0 fully saturated rings. The summed E-state index contributed by atoms with van der Waals surface area (Å²) < 4.78 is 12.3. The smallest absolute Gasteiger partial charge is 0.161 e. The van der Waals surface area contributed by atoms with Crippen molar-refractivity contribution in [1.82, 2.24) is 0 Å². The fourth-order valence-electron chi connectivity index (χ4n) is 1.80. The number of rotatable bonds is 7. The van der Waals surface area contributed by atoms with Gasteiger partial charge in [0.25, 0.3) is 0 Å². The predicted molar refractivity (Wildman–Crippen MR) is 85.7 cm³/mol. The van der Waals surface area contributed by atoms with E-state index in [1.165, 1.54) is 0 Å². The van der Waals surface area contributed by atoms with E-state index in [1.54, 1.807) is 0 Å². The third-order valence-electron chi connectivity index (χ3n) is 2.66. The fourth-order valence-corrected chi connectivity index (χ4v) is 2.20. The molecule has 2 rings (SSSR count). The Balaban J connectivity index is 1.81. The molecule has 0 unspecified atom stereocenters.